The van der Waals surface area contributed by atoms with Crippen molar-refractivity contribution in [3.8, 4) is 17.2 Å². The van der Waals surface area contributed by atoms with Crippen LogP contribution in [0.25, 0.3) is 5.69 Å². The largest absolute Gasteiger partial charge is 0.497 e. The quantitative estimate of drug-likeness (QED) is 0.399. The minimum absolute atomic E-state index is 0.207. The lowest BCUT2D eigenvalue weighted by atomic mass is 10.0. The molecule has 0 fully saturated rings. The highest BCUT2D eigenvalue weighted by Gasteiger charge is 2.34. The summed E-state index contributed by atoms with van der Waals surface area (Å²) in [6, 6.07) is 18.6. The van der Waals surface area contributed by atoms with Gasteiger partial charge in [0.05, 0.1) is 38.2 Å². The van der Waals surface area contributed by atoms with Gasteiger partial charge in [-0.3, -0.25) is 0 Å². The second-order valence-corrected chi connectivity index (χ2v) is 8.16. The van der Waals surface area contributed by atoms with Crippen LogP contribution >= 0.6 is 0 Å². The van der Waals surface area contributed by atoms with Crippen LogP contribution < -0.4 is 14.8 Å². The number of methoxy groups -OCH3 is 2. The summed E-state index contributed by atoms with van der Waals surface area (Å²) in [5, 5.41) is 2.90. The van der Waals surface area contributed by atoms with E-state index in [2.05, 4.69) is 5.32 Å². The van der Waals surface area contributed by atoms with E-state index in [-0.39, 0.29) is 6.54 Å². The maximum absolute atomic E-state index is 14.3. The van der Waals surface area contributed by atoms with Gasteiger partial charge in [0.25, 0.3) is 0 Å². The number of benzene rings is 3. The molecule has 2 amide bonds. The Morgan fingerprint density at radius 1 is 0.943 bits per heavy atom. The number of nitrogens with zero attached hydrogens (tertiary/aromatic N) is 2. The van der Waals surface area contributed by atoms with Crippen molar-refractivity contribution in [2.45, 2.75) is 12.6 Å². The standard InChI is InChI=1S/C27H23F2N3O3/c1-34-21-9-10-25(35-2)22(15-21)30-27(33)32-16-17-6-3-4-7-23(17)31-11-5-8-24(31)26(32)18-12-19(28)14-20(29)13-18/h3-15,26H,16H2,1-2H3,(H,30,33)/t26-/m0/s1. The first-order chi connectivity index (χ1) is 17.0. The number of hydrogen-bond acceptors (Lipinski definition) is 3. The Morgan fingerprint density at radius 2 is 1.71 bits per heavy atom. The van der Waals surface area contributed by atoms with E-state index in [1.54, 1.807) is 23.1 Å². The normalized spacial score (nSPS) is 14.5. The fourth-order valence-electron chi connectivity index (χ4n) is 4.52. The molecular formula is C27H23F2N3O3. The second kappa shape index (κ2) is 9.13. The molecule has 3 aromatic carbocycles. The summed E-state index contributed by atoms with van der Waals surface area (Å²) in [4.78, 5) is 15.4. The maximum atomic E-state index is 14.3. The molecule has 0 spiro atoms. The number of carbonyl (C=O) groups is 1. The van der Waals surface area contributed by atoms with Crippen molar-refractivity contribution < 1.29 is 23.0 Å². The predicted molar refractivity (Wildman–Crippen MR) is 128 cm³/mol. The van der Waals surface area contributed by atoms with Gasteiger partial charge in [0.15, 0.2) is 0 Å². The lowest BCUT2D eigenvalue weighted by Gasteiger charge is -2.31. The third-order valence-electron chi connectivity index (χ3n) is 6.07. The molecule has 1 aliphatic rings. The fraction of sp³-hybridized carbons (Fsp3) is 0.148. The Balaban J connectivity index is 1.64. The molecular weight excluding hydrogens is 452 g/mol. The average molecular weight is 475 g/mol. The molecule has 4 aromatic rings. The van der Waals surface area contributed by atoms with Crippen LogP contribution in [0.1, 0.15) is 22.9 Å². The first-order valence-corrected chi connectivity index (χ1v) is 11.0. The van der Waals surface area contributed by atoms with Crippen molar-refractivity contribution in [1.82, 2.24) is 9.47 Å². The van der Waals surface area contributed by atoms with E-state index < -0.39 is 23.7 Å². The second-order valence-electron chi connectivity index (χ2n) is 8.16. The summed E-state index contributed by atoms with van der Waals surface area (Å²) >= 11 is 0. The molecule has 1 N–H and O–H groups in total. The number of nitrogens with one attached hydrogen (secondary N) is 1. The predicted octanol–water partition coefficient (Wildman–Crippen LogP) is 5.91. The number of amides is 2. The van der Waals surface area contributed by atoms with Crippen molar-refractivity contribution in [2.75, 3.05) is 19.5 Å². The molecule has 1 aromatic heterocycles. The van der Waals surface area contributed by atoms with Crippen molar-refractivity contribution in [1.29, 1.82) is 0 Å². The topological polar surface area (TPSA) is 55.7 Å². The molecule has 8 heteroatoms. The van der Waals surface area contributed by atoms with Crippen molar-refractivity contribution in [3.05, 3.63) is 107 Å². The van der Waals surface area contributed by atoms with E-state index in [0.29, 0.717) is 28.4 Å². The Labute approximate surface area is 201 Å². The Morgan fingerprint density at radius 3 is 2.46 bits per heavy atom. The van der Waals surface area contributed by atoms with Gasteiger partial charge in [0.1, 0.15) is 23.1 Å². The van der Waals surface area contributed by atoms with E-state index in [9.17, 15) is 13.6 Å². The van der Waals surface area contributed by atoms with Crippen LogP contribution in [0.4, 0.5) is 19.3 Å². The van der Waals surface area contributed by atoms with Crippen molar-refractivity contribution >= 4 is 11.7 Å². The number of anilines is 1. The third-order valence-corrected chi connectivity index (χ3v) is 6.07. The molecule has 2 heterocycles. The zero-order chi connectivity index (χ0) is 24.5. The van der Waals surface area contributed by atoms with E-state index in [4.69, 9.17) is 9.47 Å². The summed E-state index contributed by atoms with van der Waals surface area (Å²) in [5.41, 5.74) is 3.21. The van der Waals surface area contributed by atoms with Crippen LogP contribution in [0.3, 0.4) is 0 Å². The van der Waals surface area contributed by atoms with Gasteiger partial charge in [-0.2, -0.15) is 0 Å². The number of carbonyl (C=O) groups excluding carboxylic acids is 1. The summed E-state index contributed by atoms with van der Waals surface area (Å²) in [6.07, 6.45) is 1.88. The molecule has 0 saturated heterocycles. The summed E-state index contributed by atoms with van der Waals surface area (Å²) in [7, 11) is 3.03. The van der Waals surface area contributed by atoms with Crippen LogP contribution in [0.15, 0.2) is 79.0 Å². The highest BCUT2D eigenvalue weighted by molar-refractivity contribution is 5.92. The molecule has 35 heavy (non-hydrogen) atoms. The van der Waals surface area contributed by atoms with Crippen LogP contribution in [0.5, 0.6) is 11.5 Å². The number of fused-ring (bicyclic) bond motifs is 3. The number of ether oxygens (including phenoxy) is 2. The van der Waals surface area contributed by atoms with Gasteiger partial charge in [0.2, 0.25) is 0 Å². The molecule has 0 saturated carbocycles. The first-order valence-electron chi connectivity index (χ1n) is 11.0. The minimum atomic E-state index is -0.765. The number of para-hydroxylation sites is 1. The van der Waals surface area contributed by atoms with E-state index in [1.807, 2.05) is 47.2 Å². The van der Waals surface area contributed by atoms with Gasteiger partial charge in [-0.05, 0) is 53.6 Å². The van der Waals surface area contributed by atoms with E-state index in [0.717, 1.165) is 17.3 Å². The van der Waals surface area contributed by atoms with Crippen LogP contribution in [0.2, 0.25) is 0 Å². The summed E-state index contributed by atoms with van der Waals surface area (Å²) < 4.78 is 41.3. The molecule has 1 aliphatic heterocycles. The van der Waals surface area contributed by atoms with Gasteiger partial charge in [0, 0.05) is 24.0 Å². The molecule has 5 rings (SSSR count). The van der Waals surface area contributed by atoms with Crippen LogP contribution in [0, 0.1) is 11.6 Å². The molecule has 0 radical (unpaired) electrons. The monoisotopic (exact) mass is 475 g/mol. The highest BCUT2D eigenvalue weighted by Crippen LogP contribution is 2.38. The number of rotatable bonds is 4. The fourth-order valence-corrected chi connectivity index (χ4v) is 4.52. The molecule has 0 unspecified atom stereocenters. The van der Waals surface area contributed by atoms with E-state index >= 15 is 0 Å². The number of aromatic nitrogens is 1. The van der Waals surface area contributed by atoms with Crippen LogP contribution in [-0.2, 0) is 6.54 Å². The molecule has 1 atom stereocenters. The Hall–Kier alpha value is -4.33. The lowest BCUT2D eigenvalue weighted by Crippen LogP contribution is -2.38. The first kappa shape index (κ1) is 22.5. The van der Waals surface area contributed by atoms with Crippen molar-refractivity contribution in [3.63, 3.8) is 0 Å². The average Bonchev–Trinajstić information content (AvgIpc) is 3.27. The molecule has 178 valence electrons. The van der Waals surface area contributed by atoms with Crippen molar-refractivity contribution in [2.24, 2.45) is 0 Å². The molecule has 6 nitrogen and oxygen atoms in total. The van der Waals surface area contributed by atoms with Gasteiger partial charge in [-0.25, -0.2) is 13.6 Å². The maximum Gasteiger partial charge on any atom is 0.323 e. The van der Waals surface area contributed by atoms with Crippen LogP contribution in [-0.4, -0.2) is 29.7 Å². The third kappa shape index (κ3) is 4.19. The molecule has 0 aliphatic carbocycles. The summed E-state index contributed by atoms with van der Waals surface area (Å²) in [6.45, 7) is 0.207. The highest BCUT2D eigenvalue weighted by atomic mass is 19.1. The zero-order valence-electron chi connectivity index (χ0n) is 19.2. The number of halogens is 2. The number of hydrogen-bond donors (Lipinski definition) is 1. The molecule has 0 bridgehead atoms. The Kier molecular flexibility index (Phi) is 5.86. The van der Waals surface area contributed by atoms with Gasteiger partial charge in [-0.15, -0.1) is 0 Å². The van der Waals surface area contributed by atoms with Gasteiger partial charge >= 0.3 is 6.03 Å². The van der Waals surface area contributed by atoms with Gasteiger partial charge < -0.3 is 24.3 Å². The SMILES string of the molecule is COc1ccc(OC)c(NC(=O)N2Cc3ccccc3-n3cccc3[C@@H]2c2cc(F)cc(F)c2)c1. The minimum Gasteiger partial charge on any atom is -0.497 e. The lowest BCUT2D eigenvalue weighted by molar-refractivity contribution is 0.194. The zero-order valence-corrected chi connectivity index (χ0v) is 19.2. The summed E-state index contributed by atoms with van der Waals surface area (Å²) in [5.74, 6) is -0.435. The number of urea groups is 1. The Bertz CT molecular complexity index is 1380. The van der Waals surface area contributed by atoms with Gasteiger partial charge in [-0.1, -0.05) is 18.2 Å². The smallest absolute Gasteiger partial charge is 0.323 e. The van der Waals surface area contributed by atoms with E-state index in [1.165, 1.54) is 26.4 Å².